The second kappa shape index (κ2) is 8.02. The average molecular weight is 460 g/mol. The van der Waals surface area contributed by atoms with E-state index in [-0.39, 0.29) is 11.3 Å². The van der Waals surface area contributed by atoms with Gasteiger partial charge in [0.1, 0.15) is 29.4 Å². The van der Waals surface area contributed by atoms with Crippen LogP contribution in [-0.4, -0.2) is 23.7 Å². The summed E-state index contributed by atoms with van der Waals surface area (Å²) in [4.78, 5) is 12.7. The number of carbonyl (C=O) groups is 1. The van der Waals surface area contributed by atoms with Crippen molar-refractivity contribution in [3.63, 3.8) is 0 Å². The molecule has 2 N–H and O–H groups in total. The molecule has 2 atom stereocenters. The van der Waals surface area contributed by atoms with E-state index in [0.717, 1.165) is 30.3 Å². The van der Waals surface area contributed by atoms with E-state index in [1.807, 2.05) is 0 Å². The standard InChI is InChI=1S/C19H14BrF4NO3/c20-19(17-13(22)2-1-3-14(17)23)16(7-12(8-26)25-18(19)27)28-9-10-4-5-11(21)6-15(10)24/h1-7,16,26H,8-9H2,(H,25,27). The van der Waals surface area contributed by atoms with Gasteiger partial charge in [0, 0.05) is 17.3 Å². The SMILES string of the molecule is O=C1NC(CO)=CC(OCc2ccc(F)cc2F)C1(Br)c1c(F)cccc1F. The van der Waals surface area contributed by atoms with E-state index < -0.39 is 58.4 Å². The zero-order chi connectivity index (χ0) is 20.5. The quantitative estimate of drug-likeness (QED) is 0.531. The predicted octanol–water partition coefficient (Wildman–Crippen LogP) is 3.42. The topological polar surface area (TPSA) is 58.6 Å². The Hall–Kier alpha value is -2.23. The first-order valence-electron chi connectivity index (χ1n) is 8.09. The van der Waals surface area contributed by atoms with Gasteiger partial charge in [0.15, 0.2) is 4.32 Å². The molecule has 0 bridgehead atoms. The van der Waals surface area contributed by atoms with E-state index in [9.17, 15) is 27.5 Å². The van der Waals surface area contributed by atoms with Crippen LogP contribution in [-0.2, 0) is 20.5 Å². The molecular weight excluding hydrogens is 446 g/mol. The van der Waals surface area contributed by atoms with E-state index in [4.69, 9.17) is 4.74 Å². The summed E-state index contributed by atoms with van der Waals surface area (Å²) in [6, 6.07) is 5.96. The number of carbonyl (C=O) groups excluding carboxylic acids is 1. The monoisotopic (exact) mass is 459 g/mol. The zero-order valence-electron chi connectivity index (χ0n) is 14.2. The number of ether oxygens (including phenoxy) is 1. The van der Waals surface area contributed by atoms with Crippen molar-refractivity contribution in [3.05, 3.63) is 82.6 Å². The molecule has 1 aliphatic rings. The van der Waals surface area contributed by atoms with Gasteiger partial charge in [-0.2, -0.15) is 0 Å². The average Bonchev–Trinajstić information content (AvgIpc) is 2.64. The molecule has 0 saturated carbocycles. The molecule has 9 heteroatoms. The van der Waals surface area contributed by atoms with Crippen LogP contribution in [0.3, 0.4) is 0 Å². The fraction of sp³-hybridized carbons (Fsp3) is 0.211. The first-order valence-corrected chi connectivity index (χ1v) is 8.88. The largest absolute Gasteiger partial charge is 0.390 e. The summed E-state index contributed by atoms with van der Waals surface area (Å²) in [6.07, 6.45) is -0.0389. The predicted molar refractivity (Wildman–Crippen MR) is 95.2 cm³/mol. The van der Waals surface area contributed by atoms with E-state index in [1.54, 1.807) is 0 Å². The highest BCUT2D eigenvalue weighted by atomic mass is 79.9. The molecule has 0 aromatic heterocycles. The van der Waals surface area contributed by atoms with Crippen LogP contribution in [0, 0.1) is 23.3 Å². The van der Waals surface area contributed by atoms with Gasteiger partial charge in [-0.15, -0.1) is 0 Å². The van der Waals surface area contributed by atoms with Crippen molar-refractivity contribution in [2.24, 2.45) is 0 Å². The minimum absolute atomic E-state index is 0.0183. The maximum absolute atomic E-state index is 14.4. The molecule has 0 spiro atoms. The third kappa shape index (κ3) is 3.69. The first kappa shape index (κ1) is 20.5. The summed E-state index contributed by atoms with van der Waals surface area (Å²) in [6.45, 7) is -0.970. The van der Waals surface area contributed by atoms with Crippen LogP contribution < -0.4 is 5.32 Å². The first-order chi connectivity index (χ1) is 13.3. The number of alkyl halides is 1. The maximum atomic E-state index is 14.4. The highest BCUT2D eigenvalue weighted by Crippen LogP contribution is 2.43. The minimum Gasteiger partial charge on any atom is -0.390 e. The van der Waals surface area contributed by atoms with Crippen molar-refractivity contribution in [1.82, 2.24) is 5.32 Å². The van der Waals surface area contributed by atoms with Crippen LogP contribution in [0.1, 0.15) is 11.1 Å². The van der Waals surface area contributed by atoms with Gasteiger partial charge in [-0.1, -0.05) is 28.1 Å². The Labute approximate surface area is 165 Å². The number of rotatable bonds is 5. The van der Waals surface area contributed by atoms with E-state index in [2.05, 4.69) is 21.2 Å². The Morgan fingerprint density at radius 3 is 2.39 bits per heavy atom. The summed E-state index contributed by atoms with van der Waals surface area (Å²) in [5.74, 6) is -4.50. The Morgan fingerprint density at radius 1 is 1.11 bits per heavy atom. The molecule has 0 saturated heterocycles. The van der Waals surface area contributed by atoms with Crippen molar-refractivity contribution in [3.8, 4) is 0 Å². The molecule has 1 amide bonds. The highest BCUT2D eigenvalue weighted by molar-refractivity contribution is 9.10. The second-order valence-electron chi connectivity index (χ2n) is 6.08. The zero-order valence-corrected chi connectivity index (χ0v) is 15.8. The number of nitrogens with one attached hydrogen (secondary N) is 1. The number of halogens is 5. The number of aliphatic hydroxyl groups excluding tert-OH is 1. The second-order valence-corrected chi connectivity index (χ2v) is 7.33. The van der Waals surface area contributed by atoms with Crippen LogP contribution in [0.25, 0.3) is 0 Å². The van der Waals surface area contributed by atoms with Crippen LogP contribution in [0.2, 0.25) is 0 Å². The Balaban J connectivity index is 2.01. The third-order valence-electron chi connectivity index (χ3n) is 4.28. The number of benzene rings is 2. The molecule has 4 nitrogen and oxygen atoms in total. The van der Waals surface area contributed by atoms with Crippen molar-refractivity contribution in [1.29, 1.82) is 0 Å². The molecule has 2 aromatic carbocycles. The van der Waals surface area contributed by atoms with Crippen molar-refractivity contribution < 1.29 is 32.2 Å². The molecule has 0 radical (unpaired) electrons. The summed E-state index contributed by atoms with van der Waals surface area (Å²) >= 11 is 3.10. The van der Waals surface area contributed by atoms with Gasteiger partial charge in [-0.25, -0.2) is 17.6 Å². The molecule has 2 unspecified atom stereocenters. The number of aliphatic hydroxyl groups is 1. The smallest absolute Gasteiger partial charge is 0.248 e. The fourth-order valence-corrected chi connectivity index (χ4v) is 3.62. The van der Waals surface area contributed by atoms with Gasteiger partial charge < -0.3 is 15.2 Å². The van der Waals surface area contributed by atoms with Gasteiger partial charge in [0.25, 0.3) is 0 Å². The van der Waals surface area contributed by atoms with Gasteiger partial charge in [0.2, 0.25) is 5.91 Å². The lowest BCUT2D eigenvalue weighted by atomic mass is 9.88. The Kier molecular flexibility index (Phi) is 5.87. The Bertz CT molecular complexity index is 933. The van der Waals surface area contributed by atoms with Crippen LogP contribution >= 0.6 is 15.9 Å². The van der Waals surface area contributed by atoms with E-state index >= 15 is 0 Å². The Morgan fingerprint density at radius 2 is 1.79 bits per heavy atom. The van der Waals surface area contributed by atoms with Crippen LogP contribution in [0.5, 0.6) is 0 Å². The molecule has 3 rings (SSSR count). The lowest BCUT2D eigenvalue weighted by Gasteiger charge is -2.37. The van der Waals surface area contributed by atoms with Crippen molar-refractivity contribution in [2.75, 3.05) is 6.61 Å². The van der Waals surface area contributed by atoms with Gasteiger partial charge in [-0.05, 0) is 24.3 Å². The fourth-order valence-electron chi connectivity index (χ4n) is 2.88. The van der Waals surface area contributed by atoms with E-state index in [1.165, 1.54) is 6.08 Å². The molecule has 2 aromatic rings. The number of amides is 1. The normalized spacial score (nSPS) is 22.0. The molecule has 0 fully saturated rings. The summed E-state index contributed by atoms with van der Waals surface area (Å²) in [5.41, 5.74) is -0.554. The molecule has 1 aliphatic heterocycles. The van der Waals surface area contributed by atoms with Crippen LogP contribution in [0.15, 0.2) is 48.2 Å². The van der Waals surface area contributed by atoms with Gasteiger partial charge >= 0.3 is 0 Å². The minimum atomic E-state index is -2.02. The van der Waals surface area contributed by atoms with Gasteiger partial charge in [0.05, 0.1) is 18.8 Å². The molecule has 1 heterocycles. The van der Waals surface area contributed by atoms with Gasteiger partial charge in [-0.3, -0.25) is 4.79 Å². The summed E-state index contributed by atoms with van der Waals surface area (Å²) in [7, 11) is 0. The lowest BCUT2D eigenvalue weighted by Crippen LogP contribution is -2.53. The lowest BCUT2D eigenvalue weighted by molar-refractivity contribution is -0.127. The number of hydrogen-bond donors (Lipinski definition) is 2. The molecular formula is C19H14BrF4NO3. The van der Waals surface area contributed by atoms with Crippen molar-refractivity contribution >= 4 is 21.8 Å². The maximum Gasteiger partial charge on any atom is 0.248 e. The summed E-state index contributed by atoms with van der Waals surface area (Å²) in [5, 5.41) is 11.7. The number of hydrogen-bond acceptors (Lipinski definition) is 3. The highest BCUT2D eigenvalue weighted by Gasteiger charge is 2.51. The molecule has 148 valence electrons. The third-order valence-corrected chi connectivity index (χ3v) is 5.49. The molecule has 0 aliphatic carbocycles. The summed E-state index contributed by atoms with van der Waals surface area (Å²) < 4.78 is 59.3. The van der Waals surface area contributed by atoms with Crippen LogP contribution in [0.4, 0.5) is 17.6 Å². The van der Waals surface area contributed by atoms with Crippen molar-refractivity contribution in [2.45, 2.75) is 17.0 Å². The van der Waals surface area contributed by atoms with E-state index in [0.29, 0.717) is 6.07 Å². The molecule has 28 heavy (non-hydrogen) atoms.